The number of carbonyl (C=O) groups is 6. The smallest absolute Gasteiger partial charge is 0.396 e. The summed E-state index contributed by atoms with van der Waals surface area (Å²) in [5.74, 6) is 2.24. The fourth-order valence-electron chi connectivity index (χ4n) is 3.16. The van der Waals surface area contributed by atoms with Gasteiger partial charge < -0.3 is 35.8 Å². The standard InChI is InChI=1S/C11H11N3O3.C11H13N3O3.C7H9N3O.C4H6O3/c1-2-16-11(15)10-14-13-9(17-10)7-3-5-8(12)6-4-7;1-2-17-10(15)7-13-14-11(16)8-3-5-9(12)6-4-8;8-6-3-1-5(2-4-6)7(11)10-9;1-2-7-4(6)3-5/h3-6H,2,12H2,1H3;3-7H,2,12H2,1H3,(H,14,16);1-4H,8-9H2,(H,10,11);3H,2H2,1H3/b;13-7+;;. The van der Waals surface area contributed by atoms with Crippen LogP contribution in [0.5, 0.6) is 0 Å². The number of esters is 3. The quantitative estimate of drug-likeness (QED) is 0.0156. The molecule has 4 aromatic rings. The highest BCUT2D eigenvalue weighted by Crippen LogP contribution is 2.19. The van der Waals surface area contributed by atoms with Gasteiger partial charge in [-0.1, -0.05) is 0 Å². The van der Waals surface area contributed by atoms with Crippen LogP contribution in [0.4, 0.5) is 17.1 Å². The Balaban J connectivity index is 0.000000364. The van der Waals surface area contributed by atoms with Crippen LogP contribution in [0.1, 0.15) is 52.2 Å². The van der Waals surface area contributed by atoms with Crippen LogP contribution in [0.15, 0.2) is 82.3 Å². The summed E-state index contributed by atoms with van der Waals surface area (Å²) >= 11 is 0. The van der Waals surface area contributed by atoms with E-state index in [0.29, 0.717) is 33.8 Å². The van der Waals surface area contributed by atoms with E-state index in [1.54, 1.807) is 93.6 Å². The van der Waals surface area contributed by atoms with E-state index in [1.807, 2.05) is 5.43 Å². The molecule has 0 aliphatic heterocycles. The minimum absolute atomic E-state index is 0.142. The van der Waals surface area contributed by atoms with Crippen LogP contribution in [0.3, 0.4) is 0 Å². The maximum Gasteiger partial charge on any atom is 0.396 e. The molecule has 1 heterocycles. The Morgan fingerprint density at radius 1 is 0.692 bits per heavy atom. The van der Waals surface area contributed by atoms with Crippen molar-refractivity contribution >= 4 is 59.3 Å². The number of hydrazine groups is 1. The molecule has 0 unspecified atom stereocenters. The van der Waals surface area contributed by atoms with Gasteiger partial charge in [-0.25, -0.2) is 25.7 Å². The number of carbonyl (C=O) groups excluding carboxylic acids is 6. The van der Waals surface area contributed by atoms with Gasteiger partial charge in [-0.05, 0) is 93.6 Å². The number of ether oxygens (including phenoxy) is 3. The van der Waals surface area contributed by atoms with Gasteiger partial charge >= 0.3 is 23.8 Å². The Kier molecular flexibility index (Phi) is 19.8. The minimum Gasteiger partial charge on any atom is -0.462 e. The molecule has 0 aliphatic rings. The lowest BCUT2D eigenvalue weighted by atomic mass is 10.2. The first-order chi connectivity index (χ1) is 24.9. The van der Waals surface area contributed by atoms with Crippen LogP contribution < -0.4 is 33.9 Å². The summed E-state index contributed by atoms with van der Waals surface area (Å²) in [6, 6.07) is 19.7. The molecule has 10 N–H and O–H groups in total. The van der Waals surface area contributed by atoms with Crippen molar-refractivity contribution in [3.05, 3.63) is 89.8 Å². The number of nitrogens with two attached hydrogens (primary N) is 4. The van der Waals surface area contributed by atoms with Gasteiger partial charge in [0.2, 0.25) is 12.2 Å². The number of nitrogen functional groups attached to an aromatic ring is 4. The second-order valence-electron chi connectivity index (χ2n) is 9.29. The molecule has 52 heavy (non-hydrogen) atoms. The van der Waals surface area contributed by atoms with Gasteiger partial charge in [0, 0.05) is 33.8 Å². The topological polar surface area (TPSA) is 310 Å². The molecule has 0 saturated carbocycles. The highest BCUT2D eigenvalue weighted by molar-refractivity contribution is 6.23. The second kappa shape index (κ2) is 24.1. The zero-order chi connectivity index (χ0) is 38.9. The van der Waals surface area contributed by atoms with Crippen LogP contribution in [-0.2, 0) is 28.6 Å². The number of nitrogens with zero attached hydrogens (tertiary/aromatic N) is 3. The molecule has 0 saturated heterocycles. The van der Waals surface area contributed by atoms with Gasteiger partial charge in [0.1, 0.15) is 6.21 Å². The number of nitrogens with one attached hydrogen (secondary N) is 2. The molecule has 276 valence electrons. The van der Waals surface area contributed by atoms with E-state index in [2.05, 4.69) is 30.2 Å². The SMILES string of the molecule is CCOC(=O)/C=N/NC(=O)c1ccc(N)cc1.CCOC(=O)C=O.CCOC(=O)c1nnc(-c2ccc(N)cc2)o1.NNC(=O)c1ccc(N)cc1. The van der Waals surface area contributed by atoms with Crippen LogP contribution in [-0.4, -0.2) is 72.2 Å². The maximum absolute atomic E-state index is 11.5. The molecule has 19 heteroatoms. The normalized spacial score (nSPS) is 9.62. The van der Waals surface area contributed by atoms with E-state index < -0.39 is 23.8 Å². The van der Waals surface area contributed by atoms with Crippen molar-refractivity contribution in [1.29, 1.82) is 0 Å². The maximum atomic E-state index is 11.5. The molecular formula is C33H39N9O10. The Morgan fingerprint density at radius 3 is 1.60 bits per heavy atom. The zero-order valence-corrected chi connectivity index (χ0v) is 28.4. The third-order valence-electron chi connectivity index (χ3n) is 5.51. The fraction of sp³-hybridized carbons (Fsp3) is 0.182. The summed E-state index contributed by atoms with van der Waals surface area (Å²) < 4.78 is 18.7. The van der Waals surface area contributed by atoms with E-state index in [4.69, 9.17) is 32.2 Å². The van der Waals surface area contributed by atoms with E-state index in [9.17, 15) is 28.8 Å². The van der Waals surface area contributed by atoms with Crippen molar-refractivity contribution in [3.63, 3.8) is 0 Å². The number of hydrogen-bond acceptors (Lipinski definition) is 17. The van der Waals surface area contributed by atoms with Crippen LogP contribution in [0.2, 0.25) is 0 Å². The summed E-state index contributed by atoms with van der Waals surface area (Å²) in [5, 5.41) is 10.8. The Bertz CT molecular complexity index is 1760. The third-order valence-corrected chi connectivity index (χ3v) is 5.51. The minimum atomic E-state index is -0.803. The number of hydrazone groups is 1. The van der Waals surface area contributed by atoms with E-state index in [-0.39, 0.29) is 43.8 Å². The summed E-state index contributed by atoms with van der Waals surface area (Å²) in [5.41, 5.74) is 24.1. The van der Waals surface area contributed by atoms with Crippen molar-refractivity contribution in [1.82, 2.24) is 21.0 Å². The molecule has 0 atom stereocenters. The number of anilines is 3. The molecule has 0 bridgehead atoms. The fourth-order valence-corrected chi connectivity index (χ4v) is 3.16. The zero-order valence-electron chi connectivity index (χ0n) is 28.4. The van der Waals surface area contributed by atoms with E-state index in [1.165, 1.54) is 0 Å². The third kappa shape index (κ3) is 16.8. The van der Waals surface area contributed by atoms with Gasteiger partial charge in [0.15, 0.2) is 0 Å². The Labute approximate surface area is 297 Å². The summed E-state index contributed by atoms with van der Waals surface area (Å²) in [7, 11) is 0. The largest absolute Gasteiger partial charge is 0.462 e. The van der Waals surface area contributed by atoms with Gasteiger partial charge in [-0.2, -0.15) is 5.10 Å². The van der Waals surface area contributed by atoms with Gasteiger partial charge in [0.05, 0.1) is 19.8 Å². The van der Waals surface area contributed by atoms with Crippen LogP contribution in [0, 0.1) is 0 Å². The van der Waals surface area contributed by atoms with Crippen LogP contribution >= 0.6 is 0 Å². The number of hydrogen-bond donors (Lipinski definition) is 6. The molecule has 19 nitrogen and oxygen atoms in total. The highest BCUT2D eigenvalue weighted by Gasteiger charge is 2.16. The Hall–Kier alpha value is -7.15. The summed E-state index contributed by atoms with van der Waals surface area (Å²) in [4.78, 5) is 63.7. The van der Waals surface area contributed by atoms with Crippen LogP contribution in [0.25, 0.3) is 11.5 Å². The molecule has 0 radical (unpaired) electrons. The molecule has 0 aliphatic carbocycles. The lowest BCUT2D eigenvalue weighted by Crippen LogP contribution is -2.29. The molecule has 2 amide bonds. The highest BCUT2D eigenvalue weighted by atomic mass is 16.5. The first-order valence-corrected chi connectivity index (χ1v) is 15.1. The van der Waals surface area contributed by atoms with Crippen molar-refractivity contribution < 1.29 is 47.4 Å². The average molecular weight is 722 g/mol. The molecule has 0 spiro atoms. The predicted molar refractivity (Wildman–Crippen MR) is 189 cm³/mol. The van der Waals surface area contributed by atoms with Crippen molar-refractivity contribution in [2.24, 2.45) is 10.9 Å². The molecular weight excluding hydrogens is 682 g/mol. The predicted octanol–water partition coefficient (Wildman–Crippen LogP) is 1.66. The average Bonchev–Trinajstić information content (AvgIpc) is 3.64. The first kappa shape index (κ1) is 42.9. The summed E-state index contributed by atoms with van der Waals surface area (Å²) in [6.45, 7) is 5.81. The Morgan fingerprint density at radius 2 is 1.15 bits per heavy atom. The lowest BCUT2D eigenvalue weighted by Gasteiger charge is -2.00. The number of rotatable bonds is 10. The van der Waals surface area contributed by atoms with Gasteiger partial charge in [-0.3, -0.25) is 19.8 Å². The molecule has 0 fully saturated rings. The van der Waals surface area contributed by atoms with Crippen molar-refractivity contribution in [3.8, 4) is 11.5 Å². The molecule has 1 aromatic heterocycles. The first-order valence-electron chi connectivity index (χ1n) is 15.1. The number of amides is 2. The van der Waals surface area contributed by atoms with Crippen molar-refractivity contribution in [2.75, 3.05) is 37.0 Å². The molecule has 3 aromatic carbocycles. The molecule has 4 rings (SSSR count). The van der Waals surface area contributed by atoms with Gasteiger partial charge in [0.25, 0.3) is 11.8 Å². The van der Waals surface area contributed by atoms with E-state index in [0.717, 1.165) is 6.21 Å². The number of benzene rings is 3. The van der Waals surface area contributed by atoms with E-state index >= 15 is 0 Å². The lowest BCUT2D eigenvalue weighted by molar-refractivity contribution is -0.148. The van der Waals surface area contributed by atoms with Gasteiger partial charge in [-0.15, -0.1) is 10.2 Å². The monoisotopic (exact) mass is 721 g/mol. The number of aldehydes is 1. The summed E-state index contributed by atoms with van der Waals surface area (Å²) in [6.07, 6.45) is 1.04. The number of aromatic nitrogens is 2. The second-order valence-corrected chi connectivity index (χ2v) is 9.29. The van der Waals surface area contributed by atoms with Crippen molar-refractivity contribution in [2.45, 2.75) is 20.8 Å².